The van der Waals surface area contributed by atoms with Gasteiger partial charge in [-0.1, -0.05) is 55.5 Å². The number of aliphatic carboxylic acids is 1. The third-order valence-corrected chi connectivity index (χ3v) is 6.46. The standard InChI is InChI=1S/C26H32N2O5/c1-4-26(3,24(31)28-17(2)13-14-23(29)30)16-27-25(32)33-15-22-20-11-7-5-9-18(20)19-10-6-8-12-21(19)22/h5-12,17,22H,4,13-16H2,1-3H3,(H,27,32)(H,28,31)(H,29,30). The van der Waals surface area contributed by atoms with Crippen molar-refractivity contribution in [2.24, 2.45) is 5.41 Å². The number of alkyl carbamates (subject to hydrolysis) is 1. The Morgan fingerprint density at radius 1 is 1.06 bits per heavy atom. The first-order valence-corrected chi connectivity index (χ1v) is 11.4. The van der Waals surface area contributed by atoms with Gasteiger partial charge in [0.25, 0.3) is 0 Å². The molecule has 0 saturated carbocycles. The Morgan fingerprint density at radius 2 is 1.64 bits per heavy atom. The summed E-state index contributed by atoms with van der Waals surface area (Å²) in [5.74, 6) is -1.15. The van der Waals surface area contributed by atoms with Crippen molar-refractivity contribution in [2.75, 3.05) is 13.2 Å². The first-order chi connectivity index (χ1) is 15.7. The van der Waals surface area contributed by atoms with Crippen LogP contribution >= 0.6 is 0 Å². The second-order valence-corrected chi connectivity index (χ2v) is 8.90. The molecule has 2 atom stereocenters. The van der Waals surface area contributed by atoms with E-state index >= 15 is 0 Å². The largest absolute Gasteiger partial charge is 0.481 e. The van der Waals surface area contributed by atoms with Crippen LogP contribution in [0.5, 0.6) is 0 Å². The minimum absolute atomic E-state index is 0.0116. The molecule has 0 saturated heterocycles. The minimum atomic E-state index is -0.897. The Hall–Kier alpha value is -3.35. The number of carboxylic acids is 1. The normalized spacial score (nSPS) is 15.0. The average Bonchev–Trinajstić information content (AvgIpc) is 3.13. The number of hydrogen-bond acceptors (Lipinski definition) is 4. The van der Waals surface area contributed by atoms with Crippen LogP contribution in [0.25, 0.3) is 11.1 Å². The van der Waals surface area contributed by atoms with E-state index < -0.39 is 17.5 Å². The van der Waals surface area contributed by atoms with Crippen LogP contribution in [0.15, 0.2) is 48.5 Å². The molecule has 3 rings (SSSR count). The van der Waals surface area contributed by atoms with Crippen molar-refractivity contribution in [1.29, 1.82) is 0 Å². The highest BCUT2D eigenvalue weighted by Crippen LogP contribution is 2.44. The molecular weight excluding hydrogens is 420 g/mol. The fourth-order valence-corrected chi connectivity index (χ4v) is 4.09. The van der Waals surface area contributed by atoms with Crippen molar-refractivity contribution in [3.05, 3.63) is 59.7 Å². The van der Waals surface area contributed by atoms with Crippen LogP contribution in [0.1, 0.15) is 57.1 Å². The molecule has 2 unspecified atom stereocenters. The van der Waals surface area contributed by atoms with Crippen LogP contribution in [0, 0.1) is 5.41 Å². The molecule has 0 bridgehead atoms. The second kappa shape index (κ2) is 10.5. The van der Waals surface area contributed by atoms with E-state index in [9.17, 15) is 14.4 Å². The Labute approximate surface area is 194 Å². The monoisotopic (exact) mass is 452 g/mol. The zero-order chi connectivity index (χ0) is 24.0. The first-order valence-electron chi connectivity index (χ1n) is 11.4. The molecule has 1 aliphatic rings. The Kier molecular flexibility index (Phi) is 7.74. The van der Waals surface area contributed by atoms with Crippen molar-refractivity contribution >= 4 is 18.0 Å². The van der Waals surface area contributed by atoms with Gasteiger partial charge in [-0.25, -0.2) is 4.79 Å². The molecule has 7 nitrogen and oxygen atoms in total. The minimum Gasteiger partial charge on any atom is -0.481 e. The maximum Gasteiger partial charge on any atom is 0.407 e. The van der Waals surface area contributed by atoms with Crippen LogP contribution in [-0.4, -0.2) is 42.3 Å². The smallest absolute Gasteiger partial charge is 0.407 e. The summed E-state index contributed by atoms with van der Waals surface area (Å²) in [6.45, 7) is 5.76. The molecular formula is C26H32N2O5. The van der Waals surface area contributed by atoms with Gasteiger partial charge in [-0.2, -0.15) is 0 Å². The molecule has 7 heteroatoms. The quantitative estimate of drug-likeness (QED) is 0.498. The van der Waals surface area contributed by atoms with Gasteiger partial charge in [0.1, 0.15) is 6.61 Å². The van der Waals surface area contributed by atoms with E-state index in [1.165, 1.54) is 0 Å². The second-order valence-electron chi connectivity index (χ2n) is 8.90. The number of carbonyl (C=O) groups is 3. The van der Waals surface area contributed by atoms with Gasteiger partial charge < -0.3 is 20.5 Å². The predicted octanol–water partition coefficient (Wildman–Crippen LogP) is 4.31. The topological polar surface area (TPSA) is 105 Å². The lowest BCUT2D eigenvalue weighted by molar-refractivity contribution is -0.138. The molecule has 0 radical (unpaired) electrons. The average molecular weight is 453 g/mol. The number of rotatable bonds is 10. The Balaban J connectivity index is 1.55. The van der Waals surface area contributed by atoms with Gasteiger partial charge in [0.05, 0.1) is 5.41 Å². The zero-order valence-corrected chi connectivity index (χ0v) is 19.4. The fraction of sp³-hybridized carbons (Fsp3) is 0.423. The summed E-state index contributed by atoms with van der Waals surface area (Å²) in [5, 5.41) is 14.4. The van der Waals surface area contributed by atoms with Gasteiger partial charge in [0.15, 0.2) is 0 Å². The van der Waals surface area contributed by atoms with Gasteiger partial charge in [0, 0.05) is 24.9 Å². The van der Waals surface area contributed by atoms with Crippen molar-refractivity contribution in [1.82, 2.24) is 10.6 Å². The molecule has 33 heavy (non-hydrogen) atoms. The fourth-order valence-electron chi connectivity index (χ4n) is 4.09. The lowest BCUT2D eigenvalue weighted by atomic mass is 9.86. The molecule has 1 aliphatic carbocycles. The zero-order valence-electron chi connectivity index (χ0n) is 19.4. The summed E-state index contributed by atoms with van der Waals surface area (Å²) in [7, 11) is 0. The summed E-state index contributed by atoms with van der Waals surface area (Å²) in [5.41, 5.74) is 3.77. The molecule has 0 fully saturated rings. The highest BCUT2D eigenvalue weighted by molar-refractivity contribution is 5.83. The van der Waals surface area contributed by atoms with Crippen LogP contribution in [0.2, 0.25) is 0 Å². The highest BCUT2D eigenvalue weighted by Gasteiger charge is 2.33. The van der Waals surface area contributed by atoms with E-state index in [-0.39, 0.29) is 37.4 Å². The molecule has 2 amide bonds. The van der Waals surface area contributed by atoms with E-state index in [0.717, 1.165) is 22.3 Å². The Bertz CT molecular complexity index is 976. The maximum absolute atomic E-state index is 12.8. The van der Waals surface area contributed by atoms with Crippen LogP contribution in [0.3, 0.4) is 0 Å². The summed E-state index contributed by atoms with van der Waals surface area (Å²) in [6.07, 6.45) is 0.278. The number of hydrogen-bond donors (Lipinski definition) is 3. The van der Waals surface area contributed by atoms with Gasteiger partial charge >= 0.3 is 12.1 Å². The molecule has 0 aromatic heterocycles. The summed E-state index contributed by atoms with van der Waals surface area (Å²) >= 11 is 0. The van der Waals surface area contributed by atoms with Crippen molar-refractivity contribution in [3.63, 3.8) is 0 Å². The van der Waals surface area contributed by atoms with E-state index in [2.05, 4.69) is 34.9 Å². The summed E-state index contributed by atoms with van der Waals surface area (Å²) in [4.78, 5) is 36.0. The SMILES string of the molecule is CCC(C)(CNC(=O)OCC1c2ccccc2-c2ccccc21)C(=O)NC(C)CCC(=O)O. The maximum atomic E-state index is 12.8. The van der Waals surface area contributed by atoms with Gasteiger partial charge in [0.2, 0.25) is 5.91 Å². The van der Waals surface area contributed by atoms with Crippen molar-refractivity contribution in [3.8, 4) is 11.1 Å². The summed E-state index contributed by atoms with van der Waals surface area (Å²) < 4.78 is 5.56. The van der Waals surface area contributed by atoms with Gasteiger partial charge in [-0.3, -0.25) is 9.59 Å². The third kappa shape index (κ3) is 5.72. The number of benzene rings is 2. The molecule has 176 valence electrons. The molecule has 0 aliphatic heterocycles. The number of amides is 2. The third-order valence-electron chi connectivity index (χ3n) is 6.46. The van der Waals surface area contributed by atoms with Crippen molar-refractivity contribution in [2.45, 2.75) is 52.0 Å². The first kappa shape index (κ1) is 24.3. The van der Waals surface area contributed by atoms with E-state index in [1.807, 2.05) is 31.2 Å². The number of carbonyl (C=O) groups excluding carboxylic acids is 2. The van der Waals surface area contributed by atoms with Crippen LogP contribution < -0.4 is 10.6 Å². The van der Waals surface area contributed by atoms with Crippen LogP contribution in [0.4, 0.5) is 4.79 Å². The number of nitrogens with one attached hydrogen (secondary N) is 2. The van der Waals surface area contributed by atoms with E-state index in [0.29, 0.717) is 12.8 Å². The van der Waals surface area contributed by atoms with Crippen LogP contribution in [-0.2, 0) is 14.3 Å². The molecule has 0 spiro atoms. The number of ether oxygens (including phenoxy) is 1. The van der Waals surface area contributed by atoms with Gasteiger partial charge in [-0.05, 0) is 48.9 Å². The lowest BCUT2D eigenvalue weighted by Crippen LogP contribution is -2.49. The molecule has 3 N–H and O–H groups in total. The number of fused-ring (bicyclic) bond motifs is 3. The lowest BCUT2D eigenvalue weighted by Gasteiger charge is -2.29. The number of carboxylic acid groups (broad SMARTS) is 1. The molecule has 2 aromatic carbocycles. The highest BCUT2D eigenvalue weighted by atomic mass is 16.5. The Morgan fingerprint density at radius 3 is 2.18 bits per heavy atom. The van der Waals surface area contributed by atoms with E-state index in [1.54, 1.807) is 13.8 Å². The predicted molar refractivity (Wildman–Crippen MR) is 126 cm³/mol. The van der Waals surface area contributed by atoms with E-state index in [4.69, 9.17) is 9.84 Å². The van der Waals surface area contributed by atoms with Gasteiger partial charge in [-0.15, -0.1) is 0 Å². The molecule has 2 aromatic rings. The van der Waals surface area contributed by atoms with Crippen molar-refractivity contribution < 1.29 is 24.2 Å². The molecule has 0 heterocycles. The summed E-state index contributed by atoms with van der Waals surface area (Å²) in [6, 6.07) is 16.0.